The number of aliphatic hydroxyl groups is 1. The molecular weight excluding hydrogens is 394 g/mol. The molecule has 0 fully saturated rings. The summed E-state index contributed by atoms with van der Waals surface area (Å²) in [6.45, 7) is 5.69. The van der Waals surface area contributed by atoms with Crippen LogP contribution in [0, 0.1) is 12.3 Å². The Labute approximate surface area is 180 Å². The lowest BCUT2D eigenvalue weighted by Crippen LogP contribution is -2.41. The average Bonchev–Trinajstić information content (AvgIpc) is 3.06. The molecule has 2 amide bonds. The van der Waals surface area contributed by atoms with E-state index in [9.17, 15) is 14.7 Å². The molecule has 3 aromatic rings. The zero-order valence-corrected chi connectivity index (χ0v) is 18.0. The van der Waals surface area contributed by atoms with Crippen molar-refractivity contribution in [2.24, 2.45) is 5.41 Å². The van der Waals surface area contributed by atoms with Gasteiger partial charge in [0.25, 0.3) is 0 Å². The average molecular weight is 419 g/mol. The van der Waals surface area contributed by atoms with E-state index in [4.69, 9.17) is 4.42 Å². The Morgan fingerprint density at radius 2 is 2.10 bits per heavy atom. The minimum Gasteiger partial charge on any atom is -0.459 e. The first-order chi connectivity index (χ1) is 14.7. The number of carbonyl (C=O) groups excluding carboxylic acids is 2. The summed E-state index contributed by atoms with van der Waals surface area (Å²) >= 11 is 0. The maximum absolute atomic E-state index is 12.6. The van der Waals surface area contributed by atoms with Crippen molar-refractivity contribution in [2.45, 2.75) is 33.4 Å². The van der Waals surface area contributed by atoms with Gasteiger partial charge < -0.3 is 19.7 Å². The Balaban J connectivity index is 1.49. The fourth-order valence-corrected chi connectivity index (χ4v) is 3.65. The van der Waals surface area contributed by atoms with E-state index in [0.717, 1.165) is 22.3 Å². The maximum atomic E-state index is 12.6. The number of nitrogens with zero attached hydrogens (tertiary/aromatic N) is 2. The molecule has 3 heterocycles. The van der Waals surface area contributed by atoms with E-state index < -0.39 is 11.5 Å². The highest BCUT2D eigenvalue weighted by atomic mass is 16.3. The second-order valence-electron chi connectivity index (χ2n) is 8.46. The van der Waals surface area contributed by atoms with Gasteiger partial charge in [-0.15, -0.1) is 0 Å². The van der Waals surface area contributed by atoms with Gasteiger partial charge in [0.05, 0.1) is 18.1 Å². The Morgan fingerprint density at radius 3 is 2.84 bits per heavy atom. The Kier molecular flexibility index (Phi) is 5.15. The number of aromatic nitrogens is 1. The predicted molar refractivity (Wildman–Crippen MR) is 118 cm³/mol. The number of hydrogen-bond acceptors (Lipinski definition) is 5. The topological polar surface area (TPSA) is 95.7 Å². The first kappa shape index (κ1) is 20.8. The third-order valence-electron chi connectivity index (χ3n) is 5.85. The molecule has 0 spiro atoms. The molecule has 2 aromatic heterocycles. The number of fused-ring (bicyclic) bond motifs is 2. The van der Waals surface area contributed by atoms with Crippen LogP contribution in [0.15, 0.2) is 47.0 Å². The van der Waals surface area contributed by atoms with Gasteiger partial charge in [-0.05, 0) is 44.5 Å². The lowest BCUT2D eigenvalue weighted by molar-refractivity contribution is -0.131. The van der Waals surface area contributed by atoms with Crippen LogP contribution in [0.2, 0.25) is 0 Å². The number of nitrogens with one attached hydrogen (secondary N) is 1. The minimum atomic E-state index is -0.980. The molecule has 1 aliphatic heterocycles. The number of rotatable bonds is 4. The van der Waals surface area contributed by atoms with E-state index in [-0.39, 0.29) is 11.8 Å². The van der Waals surface area contributed by atoms with Gasteiger partial charge >= 0.3 is 0 Å². The molecule has 160 valence electrons. The lowest BCUT2D eigenvalue weighted by atomic mass is 9.79. The van der Waals surface area contributed by atoms with Gasteiger partial charge in [0, 0.05) is 35.8 Å². The summed E-state index contributed by atoms with van der Waals surface area (Å²) in [5.74, 6) is 0.632. The SMILES string of the molecule is Cc1c(CN(C)C(=O)/C=C/c2cnc3c(c2)[C@@H](O)C(C)(C)C(=O)N3)oc2ccccc12. The van der Waals surface area contributed by atoms with Crippen LogP contribution in [-0.4, -0.2) is 33.9 Å². The molecule has 31 heavy (non-hydrogen) atoms. The zero-order chi connectivity index (χ0) is 22.3. The summed E-state index contributed by atoms with van der Waals surface area (Å²) in [6.07, 6.45) is 3.68. The first-order valence-electron chi connectivity index (χ1n) is 10.1. The number of para-hydroxylation sites is 1. The number of likely N-dealkylation sites (N-methyl/N-ethyl adjacent to an activating group) is 1. The van der Waals surface area contributed by atoms with Crippen LogP contribution in [0.3, 0.4) is 0 Å². The highest BCUT2D eigenvalue weighted by Crippen LogP contribution is 2.41. The monoisotopic (exact) mass is 419 g/mol. The minimum absolute atomic E-state index is 0.188. The van der Waals surface area contributed by atoms with Crippen molar-refractivity contribution in [3.05, 3.63) is 65.1 Å². The molecule has 0 bridgehead atoms. The number of carbonyl (C=O) groups is 2. The predicted octanol–water partition coefficient (Wildman–Crippen LogP) is 3.82. The Bertz CT molecular complexity index is 1210. The van der Waals surface area contributed by atoms with E-state index in [0.29, 0.717) is 23.5 Å². The Morgan fingerprint density at radius 1 is 1.35 bits per heavy atom. The summed E-state index contributed by atoms with van der Waals surface area (Å²) in [5.41, 5.74) is 2.06. The number of pyridine rings is 1. The van der Waals surface area contributed by atoms with Crippen LogP contribution in [0.4, 0.5) is 5.82 Å². The molecule has 1 aliphatic rings. The molecule has 2 N–H and O–H groups in total. The van der Waals surface area contributed by atoms with Crippen LogP contribution in [-0.2, 0) is 16.1 Å². The van der Waals surface area contributed by atoms with Crippen molar-refractivity contribution < 1.29 is 19.1 Å². The zero-order valence-electron chi connectivity index (χ0n) is 18.0. The molecule has 7 nitrogen and oxygen atoms in total. The fourth-order valence-electron chi connectivity index (χ4n) is 3.65. The molecule has 0 radical (unpaired) electrons. The van der Waals surface area contributed by atoms with Gasteiger partial charge in [0.1, 0.15) is 17.2 Å². The van der Waals surface area contributed by atoms with Crippen molar-refractivity contribution in [1.82, 2.24) is 9.88 Å². The third kappa shape index (κ3) is 3.72. The van der Waals surface area contributed by atoms with Crippen LogP contribution in [0.25, 0.3) is 17.0 Å². The number of aliphatic hydroxyl groups excluding tert-OH is 1. The van der Waals surface area contributed by atoms with E-state index in [1.165, 1.54) is 6.08 Å². The number of furan rings is 1. The normalized spacial score (nSPS) is 17.6. The molecular formula is C24H25N3O4. The van der Waals surface area contributed by atoms with E-state index in [2.05, 4.69) is 10.3 Å². The van der Waals surface area contributed by atoms with Gasteiger partial charge in [0.15, 0.2) is 0 Å². The third-order valence-corrected chi connectivity index (χ3v) is 5.85. The smallest absolute Gasteiger partial charge is 0.246 e. The number of benzene rings is 1. The van der Waals surface area contributed by atoms with E-state index >= 15 is 0 Å². The van der Waals surface area contributed by atoms with Crippen molar-refractivity contribution in [3.8, 4) is 0 Å². The maximum Gasteiger partial charge on any atom is 0.246 e. The molecule has 0 unspecified atom stereocenters. The molecule has 1 aromatic carbocycles. The van der Waals surface area contributed by atoms with Crippen molar-refractivity contribution >= 4 is 34.7 Å². The molecule has 4 rings (SSSR count). The molecule has 7 heteroatoms. The number of anilines is 1. The fraction of sp³-hybridized carbons (Fsp3) is 0.292. The number of aryl methyl sites for hydroxylation is 1. The van der Waals surface area contributed by atoms with Gasteiger partial charge in [-0.1, -0.05) is 18.2 Å². The molecule has 0 aliphatic carbocycles. The summed E-state index contributed by atoms with van der Waals surface area (Å²) in [4.78, 5) is 30.5. The van der Waals surface area contributed by atoms with Crippen molar-refractivity contribution in [2.75, 3.05) is 12.4 Å². The summed E-state index contributed by atoms with van der Waals surface area (Å²) < 4.78 is 5.89. The van der Waals surface area contributed by atoms with Crippen LogP contribution >= 0.6 is 0 Å². The van der Waals surface area contributed by atoms with E-state index in [1.54, 1.807) is 44.1 Å². The van der Waals surface area contributed by atoms with Crippen LogP contribution < -0.4 is 5.32 Å². The largest absolute Gasteiger partial charge is 0.459 e. The Hall–Kier alpha value is -3.45. The molecule has 0 saturated carbocycles. The van der Waals surface area contributed by atoms with Gasteiger partial charge in [0.2, 0.25) is 11.8 Å². The van der Waals surface area contributed by atoms with Gasteiger partial charge in [-0.2, -0.15) is 0 Å². The quantitative estimate of drug-likeness (QED) is 0.627. The standard InChI is InChI=1S/C24H25N3O4/c1-14-16-7-5-6-8-18(16)31-19(14)13-27(4)20(28)10-9-15-11-17-21(29)24(2,3)23(30)26-22(17)25-12-15/h5-12,21,29H,13H2,1-4H3,(H,25,26,30)/b10-9+/t21-/m1/s1. The van der Waals surface area contributed by atoms with Gasteiger partial charge in [-0.25, -0.2) is 4.98 Å². The highest BCUT2D eigenvalue weighted by molar-refractivity contribution is 5.98. The first-order valence-corrected chi connectivity index (χ1v) is 10.1. The molecule has 1 atom stereocenters. The summed E-state index contributed by atoms with van der Waals surface area (Å²) in [5, 5.41) is 14.3. The highest BCUT2D eigenvalue weighted by Gasteiger charge is 2.42. The number of hydrogen-bond donors (Lipinski definition) is 2. The van der Waals surface area contributed by atoms with E-state index in [1.807, 2.05) is 31.2 Å². The van der Waals surface area contributed by atoms with Crippen molar-refractivity contribution in [1.29, 1.82) is 0 Å². The van der Waals surface area contributed by atoms with Crippen LogP contribution in [0.5, 0.6) is 0 Å². The second-order valence-corrected chi connectivity index (χ2v) is 8.46. The summed E-state index contributed by atoms with van der Waals surface area (Å²) in [6, 6.07) is 9.53. The lowest BCUT2D eigenvalue weighted by Gasteiger charge is -2.34. The van der Waals surface area contributed by atoms with Crippen molar-refractivity contribution in [3.63, 3.8) is 0 Å². The molecule has 0 saturated heterocycles. The second kappa shape index (κ2) is 7.67. The van der Waals surface area contributed by atoms with Gasteiger partial charge in [-0.3, -0.25) is 9.59 Å². The summed E-state index contributed by atoms with van der Waals surface area (Å²) in [7, 11) is 1.71. The number of amides is 2. The van der Waals surface area contributed by atoms with Crippen LogP contribution in [0.1, 0.15) is 42.4 Å².